The normalized spacial score (nSPS) is 23.9. The molecule has 0 aromatic heterocycles. The fourth-order valence-corrected chi connectivity index (χ4v) is 4.11. The van der Waals surface area contributed by atoms with Crippen molar-refractivity contribution in [3.8, 4) is 0 Å². The number of halogens is 1. The minimum Gasteiger partial charge on any atom is -0.368 e. The number of likely N-dealkylation sites (tertiary alicyclic amines) is 1. The highest BCUT2D eigenvalue weighted by Crippen LogP contribution is 2.29. The minimum absolute atomic E-state index is 0.0830. The number of alkyl halides is 1. The highest BCUT2D eigenvalue weighted by Gasteiger charge is 2.39. The zero-order chi connectivity index (χ0) is 19.6. The number of amides is 2. The maximum atomic E-state index is 13.9. The third-order valence-corrected chi connectivity index (χ3v) is 5.37. The first-order valence-corrected chi connectivity index (χ1v) is 9.63. The fraction of sp³-hybridized carbons (Fsp3) is 0.524. The van der Waals surface area contributed by atoms with Gasteiger partial charge in [0.05, 0.1) is 6.04 Å². The van der Waals surface area contributed by atoms with Gasteiger partial charge in [-0.15, -0.1) is 0 Å². The predicted octanol–water partition coefficient (Wildman–Crippen LogP) is 2.44. The number of fused-ring (bicyclic) bond motifs is 1. The van der Waals surface area contributed by atoms with Gasteiger partial charge in [0.15, 0.2) is 0 Å². The van der Waals surface area contributed by atoms with E-state index in [1.165, 1.54) is 5.56 Å². The molecule has 0 radical (unpaired) electrons. The molecule has 2 amide bonds. The summed E-state index contributed by atoms with van der Waals surface area (Å²) in [5, 5.41) is 0. The van der Waals surface area contributed by atoms with Crippen LogP contribution in [0.25, 0.3) is 0 Å². The Bertz CT molecular complexity index is 734. The fourth-order valence-electron chi connectivity index (χ4n) is 4.11. The van der Waals surface area contributed by atoms with Gasteiger partial charge in [0.25, 0.3) is 5.91 Å². The Hall–Kier alpha value is -2.21. The summed E-state index contributed by atoms with van der Waals surface area (Å²) in [5.74, 6) is -0.244. The van der Waals surface area contributed by atoms with Crippen LogP contribution in [0.1, 0.15) is 32.3 Å². The molecule has 5 nitrogen and oxygen atoms in total. The second-order valence-corrected chi connectivity index (χ2v) is 7.87. The molecule has 0 bridgehead atoms. The molecule has 1 aromatic rings. The first kappa shape index (κ1) is 19.5. The maximum Gasteiger partial charge on any atom is 0.250 e. The van der Waals surface area contributed by atoms with Gasteiger partial charge >= 0.3 is 0 Å². The van der Waals surface area contributed by atoms with Crippen molar-refractivity contribution in [2.45, 2.75) is 51.4 Å². The molecule has 1 aromatic carbocycles. The third-order valence-electron chi connectivity index (χ3n) is 5.37. The molecule has 0 aliphatic carbocycles. The summed E-state index contributed by atoms with van der Waals surface area (Å²) in [5.41, 5.74) is 7.61. The number of hydrogen-bond acceptors (Lipinski definition) is 3. The summed E-state index contributed by atoms with van der Waals surface area (Å²) in [4.78, 5) is 28.1. The molecule has 2 aliphatic heterocycles. The van der Waals surface area contributed by atoms with E-state index >= 15 is 0 Å². The molecule has 0 unspecified atom stereocenters. The van der Waals surface area contributed by atoms with E-state index in [-0.39, 0.29) is 24.9 Å². The molecular formula is C21H28FN3O2. The molecule has 3 rings (SSSR count). The lowest BCUT2D eigenvalue weighted by Crippen LogP contribution is -2.46. The van der Waals surface area contributed by atoms with Gasteiger partial charge in [-0.1, -0.05) is 38.1 Å². The monoisotopic (exact) mass is 373 g/mol. The molecule has 2 N–H and O–H groups in total. The Morgan fingerprint density at radius 3 is 2.78 bits per heavy atom. The Morgan fingerprint density at radius 1 is 1.33 bits per heavy atom. The summed E-state index contributed by atoms with van der Waals surface area (Å²) >= 11 is 0. The van der Waals surface area contributed by atoms with Crippen LogP contribution in [0.5, 0.6) is 0 Å². The van der Waals surface area contributed by atoms with Crippen molar-refractivity contribution in [2.75, 3.05) is 18.0 Å². The number of primary amides is 1. The average molecular weight is 373 g/mol. The van der Waals surface area contributed by atoms with Gasteiger partial charge in [0, 0.05) is 37.3 Å². The van der Waals surface area contributed by atoms with E-state index < -0.39 is 18.1 Å². The van der Waals surface area contributed by atoms with E-state index in [0.29, 0.717) is 12.5 Å². The van der Waals surface area contributed by atoms with Gasteiger partial charge < -0.3 is 10.6 Å². The molecule has 2 heterocycles. The van der Waals surface area contributed by atoms with E-state index in [1.54, 1.807) is 11.0 Å². The van der Waals surface area contributed by atoms with Crippen molar-refractivity contribution in [1.29, 1.82) is 0 Å². The summed E-state index contributed by atoms with van der Waals surface area (Å²) in [6, 6.07) is 7.10. The summed E-state index contributed by atoms with van der Waals surface area (Å²) < 4.78 is 13.9. The van der Waals surface area contributed by atoms with Crippen molar-refractivity contribution in [3.63, 3.8) is 0 Å². The standard InChI is InChI=1S/C21H28FN3O2/c1-14(2)11-17(25-13-16(22)12-19(25)21(23)27)7-8-20(26)24-10-9-15-5-3-4-6-18(15)24/h3-8,14,16-17,19H,9-13H2,1-2H3,(H2,23,27)/b8-7+/t16-,17+,19-/m0/s1. The van der Waals surface area contributed by atoms with Gasteiger partial charge in [-0.05, 0) is 30.4 Å². The van der Waals surface area contributed by atoms with Crippen LogP contribution in [-0.2, 0) is 16.0 Å². The van der Waals surface area contributed by atoms with Gasteiger partial charge in [-0.2, -0.15) is 0 Å². The Kier molecular flexibility index (Phi) is 5.95. The molecule has 27 heavy (non-hydrogen) atoms. The van der Waals surface area contributed by atoms with Crippen molar-refractivity contribution < 1.29 is 14.0 Å². The molecular weight excluding hydrogens is 345 g/mol. The molecule has 1 saturated heterocycles. The van der Waals surface area contributed by atoms with Crippen LogP contribution in [0.15, 0.2) is 36.4 Å². The Morgan fingerprint density at radius 2 is 2.07 bits per heavy atom. The van der Waals surface area contributed by atoms with Gasteiger partial charge in [0.1, 0.15) is 6.17 Å². The van der Waals surface area contributed by atoms with E-state index in [4.69, 9.17) is 5.73 Å². The number of hydrogen-bond donors (Lipinski definition) is 1. The highest BCUT2D eigenvalue weighted by atomic mass is 19.1. The van der Waals surface area contributed by atoms with Crippen LogP contribution in [0, 0.1) is 5.92 Å². The first-order valence-electron chi connectivity index (χ1n) is 9.63. The highest BCUT2D eigenvalue weighted by molar-refractivity contribution is 6.02. The number of carbonyl (C=O) groups is 2. The van der Waals surface area contributed by atoms with Crippen molar-refractivity contribution in [2.24, 2.45) is 11.7 Å². The van der Waals surface area contributed by atoms with Gasteiger partial charge in [-0.3, -0.25) is 14.5 Å². The second-order valence-electron chi connectivity index (χ2n) is 7.87. The first-order chi connectivity index (χ1) is 12.9. The lowest BCUT2D eigenvalue weighted by Gasteiger charge is -2.30. The lowest BCUT2D eigenvalue weighted by atomic mass is 10.0. The molecule has 146 valence electrons. The topological polar surface area (TPSA) is 66.6 Å². The second kappa shape index (κ2) is 8.21. The van der Waals surface area contributed by atoms with Crippen LogP contribution in [-0.4, -0.2) is 48.1 Å². The number of rotatable bonds is 6. The van der Waals surface area contributed by atoms with Crippen LogP contribution >= 0.6 is 0 Å². The lowest BCUT2D eigenvalue weighted by molar-refractivity contribution is -0.122. The summed E-state index contributed by atoms with van der Waals surface area (Å²) in [6.07, 6.45) is 4.04. The predicted molar refractivity (Wildman–Crippen MR) is 104 cm³/mol. The van der Waals surface area contributed by atoms with Gasteiger partial charge in [-0.25, -0.2) is 4.39 Å². The zero-order valence-corrected chi connectivity index (χ0v) is 16.0. The molecule has 6 heteroatoms. The summed E-state index contributed by atoms with van der Waals surface area (Å²) in [7, 11) is 0. The Labute approximate surface area is 160 Å². The van der Waals surface area contributed by atoms with Crippen molar-refractivity contribution in [3.05, 3.63) is 42.0 Å². The zero-order valence-electron chi connectivity index (χ0n) is 16.0. The minimum atomic E-state index is -1.06. The van der Waals surface area contributed by atoms with E-state index in [2.05, 4.69) is 13.8 Å². The van der Waals surface area contributed by atoms with Crippen LogP contribution < -0.4 is 10.6 Å². The molecule has 3 atom stereocenters. The number of nitrogens with two attached hydrogens (primary N) is 1. The third kappa shape index (κ3) is 4.38. The molecule has 0 saturated carbocycles. The Balaban J connectivity index is 1.76. The van der Waals surface area contributed by atoms with E-state index in [0.717, 1.165) is 18.5 Å². The molecule has 2 aliphatic rings. The molecule has 1 fully saturated rings. The summed E-state index contributed by atoms with van der Waals surface area (Å²) in [6.45, 7) is 4.98. The number of para-hydroxylation sites is 1. The van der Waals surface area contributed by atoms with Crippen LogP contribution in [0.2, 0.25) is 0 Å². The van der Waals surface area contributed by atoms with Crippen molar-refractivity contribution in [1.82, 2.24) is 4.90 Å². The van der Waals surface area contributed by atoms with Crippen LogP contribution in [0.3, 0.4) is 0 Å². The quantitative estimate of drug-likeness (QED) is 0.779. The maximum absolute atomic E-state index is 13.9. The molecule has 0 spiro atoms. The number of benzene rings is 1. The number of nitrogens with zero attached hydrogens (tertiary/aromatic N) is 2. The van der Waals surface area contributed by atoms with Crippen molar-refractivity contribution >= 4 is 17.5 Å². The van der Waals surface area contributed by atoms with Crippen LogP contribution in [0.4, 0.5) is 10.1 Å². The van der Waals surface area contributed by atoms with Gasteiger partial charge in [0.2, 0.25) is 5.91 Å². The van der Waals surface area contributed by atoms with E-state index in [1.807, 2.05) is 35.2 Å². The largest absolute Gasteiger partial charge is 0.368 e. The smallest absolute Gasteiger partial charge is 0.250 e. The van der Waals surface area contributed by atoms with E-state index in [9.17, 15) is 14.0 Å². The number of anilines is 1. The average Bonchev–Trinajstić information content (AvgIpc) is 3.21. The number of carbonyl (C=O) groups excluding carboxylic acids is 2. The SMILES string of the molecule is CC(C)C[C@@H](/C=C/C(=O)N1CCc2ccccc21)N1C[C@@H](F)C[C@H]1C(N)=O.